The van der Waals surface area contributed by atoms with Crippen LogP contribution in [0.1, 0.15) is 18.7 Å². The van der Waals surface area contributed by atoms with Gasteiger partial charge in [-0.2, -0.15) is 0 Å². The topological polar surface area (TPSA) is 55.1 Å². The highest BCUT2D eigenvalue weighted by Gasteiger charge is 2.16. The third kappa shape index (κ3) is 4.96. The van der Waals surface area contributed by atoms with Gasteiger partial charge in [0, 0.05) is 11.4 Å². The maximum Gasteiger partial charge on any atom is 0.237 e. The lowest BCUT2D eigenvalue weighted by atomic mass is 10.1. The van der Waals surface area contributed by atoms with Crippen LogP contribution in [0.4, 0.5) is 0 Å². The molecular formula is C11H19ClN2OS. The van der Waals surface area contributed by atoms with Gasteiger partial charge < -0.3 is 11.1 Å². The maximum absolute atomic E-state index is 11.5. The number of thiophene rings is 1. The number of hydrogen-bond donors (Lipinski definition) is 2. The fraction of sp³-hybridized carbons (Fsp3) is 0.545. The molecule has 1 rings (SSSR count). The van der Waals surface area contributed by atoms with Crippen molar-refractivity contribution in [1.82, 2.24) is 5.32 Å². The molecule has 5 heteroatoms. The van der Waals surface area contributed by atoms with Gasteiger partial charge in [0.15, 0.2) is 0 Å². The highest BCUT2D eigenvalue weighted by Crippen LogP contribution is 2.08. The van der Waals surface area contributed by atoms with Crippen LogP contribution in [0.25, 0.3) is 0 Å². The van der Waals surface area contributed by atoms with E-state index in [9.17, 15) is 4.79 Å². The molecule has 92 valence electrons. The normalized spacial score (nSPS) is 12.0. The minimum atomic E-state index is -0.395. The monoisotopic (exact) mass is 262 g/mol. The van der Waals surface area contributed by atoms with Crippen LogP contribution in [0.2, 0.25) is 0 Å². The Balaban J connectivity index is 0.00000225. The fourth-order valence-electron chi connectivity index (χ4n) is 1.18. The molecular weight excluding hydrogens is 244 g/mol. The van der Waals surface area contributed by atoms with Crippen LogP contribution in [-0.4, -0.2) is 18.5 Å². The second-order valence-electron chi connectivity index (χ2n) is 3.89. The molecule has 0 fully saturated rings. The summed E-state index contributed by atoms with van der Waals surface area (Å²) < 4.78 is 0. The van der Waals surface area contributed by atoms with E-state index >= 15 is 0 Å². The number of nitrogens with two attached hydrogens (primary N) is 1. The van der Waals surface area contributed by atoms with E-state index in [0.717, 1.165) is 6.42 Å². The van der Waals surface area contributed by atoms with Gasteiger partial charge >= 0.3 is 0 Å². The van der Waals surface area contributed by atoms with Crippen molar-refractivity contribution in [3.63, 3.8) is 0 Å². The van der Waals surface area contributed by atoms with Crippen LogP contribution in [0.15, 0.2) is 17.5 Å². The van der Waals surface area contributed by atoms with Crippen molar-refractivity contribution < 1.29 is 4.79 Å². The van der Waals surface area contributed by atoms with E-state index in [1.807, 2.05) is 25.3 Å². The van der Waals surface area contributed by atoms with Crippen molar-refractivity contribution in [3.8, 4) is 0 Å². The number of carbonyl (C=O) groups is 1. The summed E-state index contributed by atoms with van der Waals surface area (Å²) in [5.41, 5.74) is 5.71. The molecule has 1 amide bonds. The molecule has 3 nitrogen and oxygen atoms in total. The molecule has 1 aromatic heterocycles. The van der Waals surface area contributed by atoms with Crippen LogP contribution < -0.4 is 11.1 Å². The zero-order valence-electron chi connectivity index (χ0n) is 9.60. The molecule has 3 N–H and O–H groups in total. The molecule has 0 saturated heterocycles. The number of rotatable bonds is 5. The van der Waals surface area contributed by atoms with Gasteiger partial charge in [-0.15, -0.1) is 23.7 Å². The first-order chi connectivity index (χ1) is 7.11. The van der Waals surface area contributed by atoms with Crippen LogP contribution in [0.3, 0.4) is 0 Å². The van der Waals surface area contributed by atoms with Gasteiger partial charge in [-0.3, -0.25) is 4.79 Å². The third-order valence-corrected chi connectivity index (χ3v) is 3.21. The van der Waals surface area contributed by atoms with E-state index in [4.69, 9.17) is 5.73 Å². The van der Waals surface area contributed by atoms with Gasteiger partial charge in [-0.25, -0.2) is 0 Å². The lowest BCUT2D eigenvalue weighted by Crippen LogP contribution is -2.44. The molecule has 0 saturated carbocycles. The van der Waals surface area contributed by atoms with Crippen LogP contribution in [0, 0.1) is 5.92 Å². The van der Waals surface area contributed by atoms with Crippen LogP contribution in [0.5, 0.6) is 0 Å². The summed E-state index contributed by atoms with van der Waals surface area (Å²) >= 11 is 1.71. The Morgan fingerprint density at radius 3 is 2.75 bits per heavy atom. The van der Waals surface area contributed by atoms with Gasteiger partial charge in [-0.1, -0.05) is 19.9 Å². The number of hydrogen-bond acceptors (Lipinski definition) is 3. The number of amides is 1. The molecule has 0 aromatic carbocycles. The average Bonchev–Trinajstić information content (AvgIpc) is 2.69. The summed E-state index contributed by atoms with van der Waals surface area (Å²) in [5, 5.41) is 4.88. The molecule has 0 aliphatic carbocycles. The Hall–Kier alpha value is -0.580. The highest BCUT2D eigenvalue weighted by atomic mass is 35.5. The zero-order chi connectivity index (χ0) is 11.3. The van der Waals surface area contributed by atoms with E-state index in [2.05, 4.69) is 11.4 Å². The van der Waals surface area contributed by atoms with Crippen molar-refractivity contribution in [2.45, 2.75) is 26.3 Å². The molecule has 1 unspecified atom stereocenters. The van der Waals surface area contributed by atoms with Gasteiger partial charge in [0.25, 0.3) is 0 Å². The first-order valence-electron chi connectivity index (χ1n) is 5.17. The van der Waals surface area contributed by atoms with Crippen LogP contribution >= 0.6 is 23.7 Å². The Morgan fingerprint density at radius 2 is 2.25 bits per heavy atom. The number of carbonyl (C=O) groups excluding carboxylic acids is 1. The van der Waals surface area contributed by atoms with E-state index in [-0.39, 0.29) is 24.2 Å². The zero-order valence-corrected chi connectivity index (χ0v) is 11.2. The summed E-state index contributed by atoms with van der Waals surface area (Å²) in [5.74, 6) is 0.133. The van der Waals surface area contributed by atoms with Crippen molar-refractivity contribution in [3.05, 3.63) is 22.4 Å². The third-order valence-electron chi connectivity index (χ3n) is 2.27. The first-order valence-corrected chi connectivity index (χ1v) is 6.05. The predicted octanol–water partition coefficient (Wildman–Crippen LogP) is 1.81. The summed E-state index contributed by atoms with van der Waals surface area (Å²) in [6.45, 7) is 4.56. The van der Waals surface area contributed by atoms with Crippen molar-refractivity contribution in [2.75, 3.05) is 6.54 Å². The number of nitrogens with one attached hydrogen (secondary N) is 1. The Labute approximate surface area is 107 Å². The molecule has 1 atom stereocenters. The van der Waals surface area contributed by atoms with Crippen molar-refractivity contribution in [1.29, 1.82) is 0 Å². The predicted molar refractivity (Wildman–Crippen MR) is 71.1 cm³/mol. The standard InChI is InChI=1S/C11H18N2OS.ClH/c1-8(2)10(12)11(14)13-6-5-9-4-3-7-15-9;/h3-4,7-8,10H,5-6,12H2,1-2H3,(H,13,14);1H. The minimum Gasteiger partial charge on any atom is -0.354 e. The highest BCUT2D eigenvalue weighted by molar-refractivity contribution is 7.09. The molecule has 1 aromatic rings. The second-order valence-corrected chi connectivity index (χ2v) is 4.92. The Bertz CT molecular complexity index is 301. The maximum atomic E-state index is 11.5. The van der Waals surface area contributed by atoms with Crippen molar-refractivity contribution >= 4 is 29.7 Å². The molecule has 0 aliphatic rings. The molecule has 0 aliphatic heterocycles. The van der Waals surface area contributed by atoms with E-state index < -0.39 is 6.04 Å². The molecule has 1 heterocycles. The first kappa shape index (κ1) is 15.4. The average molecular weight is 263 g/mol. The summed E-state index contributed by atoms with van der Waals surface area (Å²) in [6.07, 6.45) is 0.883. The fourth-order valence-corrected chi connectivity index (χ4v) is 1.89. The van der Waals surface area contributed by atoms with Gasteiger partial charge in [0.2, 0.25) is 5.91 Å². The Kier molecular flexibility index (Phi) is 7.38. The molecule has 16 heavy (non-hydrogen) atoms. The number of halogens is 1. The largest absolute Gasteiger partial charge is 0.354 e. The lowest BCUT2D eigenvalue weighted by Gasteiger charge is -2.14. The Morgan fingerprint density at radius 1 is 1.56 bits per heavy atom. The van der Waals surface area contributed by atoms with E-state index in [1.54, 1.807) is 11.3 Å². The lowest BCUT2D eigenvalue weighted by molar-refractivity contribution is -0.123. The van der Waals surface area contributed by atoms with E-state index in [1.165, 1.54) is 4.88 Å². The van der Waals surface area contributed by atoms with Crippen molar-refractivity contribution in [2.24, 2.45) is 11.7 Å². The molecule has 0 bridgehead atoms. The molecule has 0 spiro atoms. The molecule has 0 radical (unpaired) electrons. The van der Waals surface area contributed by atoms with Crippen LogP contribution in [-0.2, 0) is 11.2 Å². The van der Waals surface area contributed by atoms with E-state index in [0.29, 0.717) is 6.54 Å². The smallest absolute Gasteiger partial charge is 0.237 e. The quantitative estimate of drug-likeness (QED) is 0.850. The second kappa shape index (κ2) is 7.65. The summed E-state index contributed by atoms with van der Waals surface area (Å²) in [6, 6.07) is 3.69. The van der Waals surface area contributed by atoms with Gasteiger partial charge in [0.1, 0.15) is 0 Å². The summed E-state index contributed by atoms with van der Waals surface area (Å²) in [7, 11) is 0. The van der Waals surface area contributed by atoms with Gasteiger partial charge in [-0.05, 0) is 23.8 Å². The SMILES string of the molecule is CC(C)C(N)C(=O)NCCc1cccs1.Cl. The summed E-state index contributed by atoms with van der Waals surface area (Å²) in [4.78, 5) is 12.8. The van der Waals surface area contributed by atoms with Gasteiger partial charge in [0.05, 0.1) is 6.04 Å². The minimum absolute atomic E-state index is 0.